The van der Waals surface area contributed by atoms with Crippen LogP contribution in [0, 0.1) is 0 Å². The molecule has 0 bridgehead atoms. The molecular formula is C24H20N4O2. The number of fused-ring (bicyclic) bond motifs is 1. The van der Waals surface area contributed by atoms with E-state index in [0.29, 0.717) is 12.1 Å². The van der Waals surface area contributed by atoms with Crippen molar-refractivity contribution in [2.75, 3.05) is 6.54 Å². The summed E-state index contributed by atoms with van der Waals surface area (Å²) in [5.74, 6) is 0.741. The number of rotatable bonds is 5. The van der Waals surface area contributed by atoms with Gasteiger partial charge in [0.25, 0.3) is 5.91 Å². The molecule has 2 aromatic carbocycles. The van der Waals surface area contributed by atoms with Gasteiger partial charge in [-0.25, -0.2) is 4.68 Å². The maximum absolute atomic E-state index is 12.6. The summed E-state index contributed by atoms with van der Waals surface area (Å²) in [7, 11) is 0. The molecule has 3 heterocycles. The van der Waals surface area contributed by atoms with Crippen LogP contribution in [0.3, 0.4) is 0 Å². The van der Waals surface area contributed by atoms with Gasteiger partial charge in [-0.15, -0.1) is 0 Å². The van der Waals surface area contributed by atoms with Gasteiger partial charge in [0, 0.05) is 36.1 Å². The number of pyridine rings is 1. The number of para-hydroxylation sites is 1. The lowest BCUT2D eigenvalue weighted by Gasteiger charge is -2.13. The molecule has 0 saturated heterocycles. The largest absolute Gasteiger partial charge is 0.487 e. The molecule has 0 radical (unpaired) electrons. The van der Waals surface area contributed by atoms with Crippen LogP contribution in [0.5, 0.6) is 5.75 Å². The molecule has 4 aromatic rings. The number of amides is 1. The molecular weight excluding hydrogens is 376 g/mol. The number of nitrogens with one attached hydrogen (secondary N) is 1. The minimum Gasteiger partial charge on any atom is -0.487 e. The molecule has 0 fully saturated rings. The number of carbonyl (C=O) groups excluding carboxylic acids is 1. The number of aromatic nitrogens is 3. The number of hydrogen-bond acceptors (Lipinski definition) is 4. The van der Waals surface area contributed by atoms with E-state index in [1.807, 2.05) is 54.7 Å². The molecule has 30 heavy (non-hydrogen) atoms. The lowest BCUT2D eigenvalue weighted by Crippen LogP contribution is -2.34. The molecule has 1 N–H and O–H groups in total. The molecule has 1 aliphatic heterocycles. The third-order valence-electron chi connectivity index (χ3n) is 5.16. The molecule has 148 valence electrons. The zero-order valence-electron chi connectivity index (χ0n) is 16.2. The Kier molecular flexibility index (Phi) is 4.73. The van der Waals surface area contributed by atoms with Crippen LogP contribution in [0.1, 0.15) is 15.9 Å². The highest BCUT2D eigenvalue weighted by atomic mass is 16.5. The van der Waals surface area contributed by atoms with E-state index in [1.54, 1.807) is 29.2 Å². The maximum Gasteiger partial charge on any atom is 0.251 e. The van der Waals surface area contributed by atoms with Crippen LogP contribution in [0.15, 0.2) is 85.3 Å². The van der Waals surface area contributed by atoms with Gasteiger partial charge in [-0.1, -0.05) is 18.2 Å². The first-order chi connectivity index (χ1) is 14.8. The lowest BCUT2D eigenvalue weighted by molar-refractivity contribution is 0.0933. The highest BCUT2D eigenvalue weighted by Gasteiger charge is 2.26. The van der Waals surface area contributed by atoms with E-state index in [2.05, 4.69) is 21.5 Å². The topological polar surface area (TPSA) is 69.0 Å². The van der Waals surface area contributed by atoms with Crippen molar-refractivity contribution >= 4 is 5.91 Å². The SMILES string of the molecule is O=C(NC[C@H]1Cc2cccc(-c3ccccn3)c2O1)c1ccc(-n2cccn2)cc1. The summed E-state index contributed by atoms with van der Waals surface area (Å²) in [4.78, 5) is 17.0. The zero-order chi connectivity index (χ0) is 20.3. The van der Waals surface area contributed by atoms with Crippen LogP contribution in [-0.2, 0) is 6.42 Å². The monoisotopic (exact) mass is 396 g/mol. The van der Waals surface area contributed by atoms with E-state index in [1.165, 1.54) is 0 Å². The fraction of sp³-hybridized carbons (Fsp3) is 0.125. The van der Waals surface area contributed by atoms with Gasteiger partial charge in [0.2, 0.25) is 0 Å². The summed E-state index contributed by atoms with van der Waals surface area (Å²) in [5.41, 5.74) is 4.53. The van der Waals surface area contributed by atoms with Gasteiger partial charge in [-0.3, -0.25) is 9.78 Å². The van der Waals surface area contributed by atoms with Gasteiger partial charge in [0.05, 0.1) is 17.9 Å². The highest BCUT2D eigenvalue weighted by Crippen LogP contribution is 2.37. The van der Waals surface area contributed by atoms with Crippen LogP contribution in [-0.4, -0.2) is 33.3 Å². The summed E-state index contributed by atoms with van der Waals surface area (Å²) < 4.78 is 7.93. The summed E-state index contributed by atoms with van der Waals surface area (Å²) >= 11 is 0. The van der Waals surface area contributed by atoms with E-state index in [0.717, 1.165) is 34.7 Å². The van der Waals surface area contributed by atoms with Crippen molar-refractivity contribution in [3.63, 3.8) is 0 Å². The second kappa shape index (κ2) is 7.83. The molecule has 0 spiro atoms. The van der Waals surface area contributed by atoms with Crippen molar-refractivity contribution in [1.82, 2.24) is 20.1 Å². The standard InChI is InChI=1S/C24H20N4O2/c29-24(17-8-10-19(11-9-17)28-14-4-13-27-28)26-16-20-15-18-5-3-6-21(23(18)30-20)22-7-1-2-12-25-22/h1-14,20H,15-16H2,(H,26,29)/t20-/m1/s1. The first kappa shape index (κ1) is 18.1. The third-order valence-corrected chi connectivity index (χ3v) is 5.16. The van der Waals surface area contributed by atoms with Gasteiger partial charge in [-0.2, -0.15) is 5.10 Å². The Hall–Kier alpha value is -3.93. The Morgan fingerprint density at radius 3 is 2.70 bits per heavy atom. The van der Waals surface area contributed by atoms with Crippen LogP contribution in [0.4, 0.5) is 0 Å². The Morgan fingerprint density at radius 1 is 1.03 bits per heavy atom. The van der Waals surface area contributed by atoms with Crippen molar-refractivity contribution in [1.29, 1.82) is 0 Å². The Bertz CT molecular complexity index is 1160. The lowest BCUT2D eigenvalue weighted by atomic mass is 10.0. The maximum atomic E-state index is 12.6. The number of carbonyl (C=O) groups is 1. The predicted molar refractivity (Wildman–Crippen MR) is 114 cm³/mol. The van der Waals surface area contributed by atoms with Crippen molar-refractivity contribution < 1.29 is 9.53 Å². The zero-order valence-corrected chi connectivity index (χ0v) is 16.2. The average molecular weight is 396 g/mol. The van der Waals surface area contributed by atoms with E-state index >= 15 is 0 Å². The number of nitrogens with zero attached hydrogens (tertiary/aromatic N) is 3. The number of ether oxygens (including phenoxy) is 1. The second-order valence-corrected chi connectivity index (χ2v) is 7.16. The molecule has 6 heteroatoms. The number of hydrogen-bond donors (Lipinski definition) is 1. The molecule has 0 saturated carbocycles. The Labute approximate surface area is 174 Å². The fourth-order valence-corrected chi connectivity index (χ4v) is 3.67. The molecule has 5 rings (SSSR count). The van der Waals surface area contributed by atoms with Gasteiger partial charge in [0.1, 0.15) is 11.9 Å². The van der Waals surface area contributed by atoms with E-state index in [4.69, 9.17) is 4.74 Å². The van der Waals surface area contributed by atoms with Crippen LogP contribution >= 0.6 is 0 Å². The van der Waals surface area contributed by atoms with Crippen molar-refractivity contribution in [3.8, 4) is 22.7 Å². The smallest absolute Gasteiger partial charge is 0.251 e. The average Bonchev–Trinajstić information content (AvgIpc) is 3.48. The summed E-state index contributed by atoms with van der Waals surface area (Å²) in [6.07, 6.45) is 6.02. The van der Waals surface area contributed by atoms with Crippen molar-refractivity contribution in [2.24, 2.45) is 0 Å². The summed E-state index contributed by atoms with van der Waals surface area (Å²) in [6, 6.07) is 21.2. The first-order valence-corrected chi connectivity index (χ1v) is 9.86. The van der Waals surface area contributed by atoms with Crippen LogP contribution < -0.4 is 10.1 Å². The predicted octanol–water partition coefficient (Wildman–Crippen LogP) is 3.67. The molecule has 6 nitrogen and oxygen atoms in total. The fourth-order valence-electron chi connectivity index (χ4n) is 3.67. The highest BCUT2D eigenvalue weighted by molar-refractivity contribution is 5.94. The van der Waals surface area contributed by atoms with Gasteiger partial charge in [0.15, 0.2) is 0 Å². The molecule has 1 aliphatic rings. The number of benzene rings is 2. The normalized spacial score (nSPS) is 14.7. The summed E-state index contributed by atoms with van der Waals surface area (Å²) in [5, 5.41) is 7.18. The first-order valence-electron chi connectivity index (χ1n) is 9.86. The van der Waals surface area contributed by atoms with Crippen LogP contribution in [0.25, 0.3) is 16.9 Å². The quantitative estimate of drug-likeness (QED) is 0.559. The van der Waals surface area contributed by atoms with E-state index < -0.39 is 0 Å². The molecule has 1 atom stereocenters. The Morgan fingerprint density at radius 2 is 1.93 bits per heavy atom. The summed E-state index contributed by atoms with van der Waals surface area (Å²) in [6.45, 7) is 0.441. The van der Waals surface area contributed by atoms with Gasteiger partial charge >= 0.3 is 0 Å². The van der Waals surface area contributed by atoms with Crippen LogP contribution in [0.2, 0.25) is 0 Å². The van der Waals surface area contributed by atoms with E-state index in [9.17, 15) is 4.79 Å². The van der Waals surface area contributed by atoms with Crippen molar-refractivity contribution in [2.45, 2.75) is 12.5 Å². The molecule has 0 aliphatic carbocycles. The third kappa shape index (κ3) is 3.55. The Balaban J connectivity index is 1.23. The van der Waals surface area contributed by atoms with Gasteiger partial charge < -0.3 is 10.1 Å². The molecule has 1 amide bonds. The van der Waals surface area contributed by atoms with Crippen molar-refractivity contribution in [3.05, 3.63) is 96.4 Å². The molecule has 2 aromatic heterocycles. The molecule has 0 unspecified atom stereocenters. The van der Waals surface area contributed by atoms with E-state index in [-0.39, 0.29) is 12.0 Å². The minimum absolute atomic E-state index is 0.0999. The minimum atomic E-state index is -0.119. The van der Waals surface area contributed by atoms with Gasteiger partial charge in [-0.05, 0) is 54.1 Å². The second-order valence-electron chi connectivity index (χ2n) is 7.16.